The molecule has 0 atom stereocenters. The average molecular weight is 286 g/mol. The molecule has 0 saturated carbocycles. The molecule has 1 aromatic heterocycles. The predicted molar refractivity (Wildman–Crippen MR) is 65.9 cm³/mol. The fourth-order valence-electron chi connectivity index (χ4n) is 1.56. The van der Waals surface area contributed by atoms with Crippen molar-refractivity contribution in [3.8, 4) is 0 Å². The van der Waals surface area contributed by atoms with Crippen molar-refractivity contribution in [2.45, 2.75) is 6.92 Å². The zero-order valence-electron chi connectivity index (χ0n) is 10.6. The molecule has 2 aromatic rings. The highest BCUT2D eigenvalue weighted by atomic mass is 19.2. The van der Waals surface area contributed by atoms with Crippen LogP contribution in [-0.4, -0.2) is 17.0 Å². The van der Waals surface area contributed by atoms with E-state index in [1.807, 2.05) is 0 Å². The lowest BCUT2D eigenvalue weighted by atomic mass is 10.2. The number of nitrogens with one attached hydrogen (secondary N) is 2. The molecule has 1 aromatic carbocycles. The van der Waals surface area contributed by atoms with Gasteiger partial charge in [-0.25, -0.2) is 22.5 Å². The van der Waals surface area contributed by atoms with E-state index < -0.39 is 29.0 Å². The summed E-state index contributed by atoms with van der Waals surface area (Å²) in [6, 6.07) is 1.52. The van der Waals surface area contributed by atoms with E-state index in [0.29, 0.717) is 5.69 Å². The van der Waals surface area contributed by atoms with Gasteiger partial charge in [-0.3, -0.25) is 0 Å². The van der Waals surface area contributed by atoms with Crippen molar-refractivity contribution in [1.82, 2.24) is 9.97 Å². The van der Waals surface area contributed by atoms with E-state index in [1.165, 1.54) is 6.07 Å². The standard InChI is InChI=1S/C12H10F4N4/c1-5-3-8(20-12(17-2)18-5)19-11-9(15)6(13)4-7(14)10(11)16/h3-4H,1-2H3,(H2,17,18,19,20). The Balaban J connectivity index is 2.47. The summed E-state index contributed by atoms with van der Waals surface area (Å²) in [5.74, 6) is -5.83. The van der Waals surface area contributed by atoms with Crippen molar-refractivity contribution in [3.05, 3.63) is 41.1 Å². The predicted octanol–water partition coefficient (Wildman–Crippen LogP) is 3.13. The van der Waals surface area contributed by atoms with E-state index in [2.05, 4.69) is 20.6 Å². The van der Waals surface area contributed by atoms with Crippen LogP contribution < -0.4 is 10.6 Å². The summed E-state index contributed by atoms with van der Waals surface area (Å²) in [4.78, 5) is 7.85. The molecule has 0 saturated heterocycles. The topological polar surface area (TPSA) is 49.8 Å². The van der Waals surface area contributed by atoms with Gasteiger partial charge in [0.1, 0.15) is 11.5 Å². The summed E-state index contributed by atoms with van der Waals surface area (Å²) in [6.07, 6.45) is 0. The van der Waals surface area contributed by atoms with Gasteiger partial charge in [0.2, 0.25) is 5.95 Å². The van der Waals surface area contributed by atoms with Crippen LogP contribution in [0.5, 0.6) is 0 Å². The van der Waals surface area contributed by atoms with E-state index in [-0.39, 0.29) is 17.8 Å². The van der Waals surface area contributed by atoms with Crippen molar-refractivity contribution in [1.29, 1.82) is 0 Å². The third kappa shape index (κ3) is 2.63. The molecule has 2 rings (SSSR count). The SMILES string of the molecule is CNc1nc(C)cc(Nc2c(F)c(F)cc(F)c2F)n1. The highest BCUT2D eigenvalue weighted by Gasteiger charge is 2.19. The molecular weight excluding hydrogens is 276 g/mol. The summed E-state index contributed by atoms with van der Waals surface area (Å²) < 4.78 is 53.2. The van der Waals surface area contributed by atoms with Gasteiger partial charge in [0.15, 0.2) is 23.3 Å². The number of halogens is 4. The van der Waals surface area contributed by atoms with Crippen molar-refractivity contribution in [2.75, 3.05) is 17.7 Å². The molecule has 0 radical (unpaired) electrons. The number of rotatable bonds is 3. The molecule has 0 spiro atoms. The van der Waals surface area contributed by atoms with E-state index >= 15 is 0 Å². The van der Waals surface area contributed by atoms with Crippen molar-refractivity contribution in [2.24, 2.45) is 0 Å². The minimum absolute atomic E-state index is 0.00431. The average Bonchev–Trinajstić information content (AvgIpc) is 2.40. The minimum Gasteiger partial charge on any atom is -0.357 e. The first kappa shape index (κ1) is 14.0. The Hall–Kier alpha value is -2.38. The molecule has 106 valence electrons. The van der Waals surface area contributed by atoms with E-state index in [0.717, 1.165) is 0 Å². The first-order valence-electron chi connectivity index (χ1n) is 5.56. The molecule has 0 aliphatic carbocycles. The molecule has 4 nitrogen and oxygen atoms in total. The van der Waals surface area contributed by atoms with Gasteiger partial charge in [-0.15, -0.1) is 0 Å². The lowest BCUT2D eigenvalue weighted by Crippen LogP contribution is -2.06. The van der Waals surface area contributed by atoms with Gasteiger partial charge in [-0.2, -0.15) is 4.98 Å². The first-order valence-corrected chi connectivity index (χ1v) is 5.56. The van der Waals surface area contributed by atoms with Crippen molar-refractivity contribution >= 4 is 17.5 Å². The zero-order valence-corrected chi connectivity index (χ0v) is 10.6. The Morgan fingerprint density at radius 3 is 2.10 bits per heavy atom. The molecule has 8 heteroatoms. The normalized spacial score (nSPS) is 10.5. The molecular formula is C12H10F4N4. The molecule has 1 heterocycles. The molecule has 2 N–H and O–H groups in total. The Kier molecular flexibility index (Phi) is 3.73. The van der Waals surface area contributed by atoms with Crippen LogP contribution >= 0.6 is 0 Å². The van der Waals surface area contributed by atoms with E-state index in [1.54, 1.807) is 14.0 Å². The van der Waals surface area contributed by atoms with Crippen LogP contribution in [0.4, 0.5) is 35.0 Å². The number of aromatic nitrogens is 2. The second-order valence-corrected chi connectivity index (χ2v) is 3.94. The lowest BCUT2D eigenvalue weighted by Gasteiger charge is -2.10. The van der Waals surface area contributed by atoms with E-state index in [4.69, 9.17) is 0 Å². The Bertz CT molecular complexity index is 634. The van der Waals surface area contributed by atoms with E-state index in [9.17, 15) is 17.6 Å². The van der Waals surface area contributed by atoms with Crippen LogP contribution in [0.25, 0.3) is 0 Å². The van der Waals surface area contributed by atoms with Gasteiger partial charge >= 0.3 is 0 Å². The second-order valence-electron chi connectivity index (χ2n) is 3.94. The quantitative estimate of drug-likeness (QED) is 0.672. The van der Waals surface area contributed by atoms with Gasteiger partial charge in [0.05, 0.1) is 0 Å². The summed E-state index contributed by atoms with van der Waals surface area (Å²) >= 11 is 0. The summed E-state index contributed by atoms with van der Waals surface area (Å²) in [6.45, 7) is 1.63. The maximum Gasteiger partial charge on any atom is 0.224 e. The monoisotopic (exact) mass is 286 g/mol. The largest absolute Gasteiger partial charge is 0.357 e. The fourth-order valence-corrected chi connectivity index (χ4v) is 1.56. The number of hydrogen-bond acceptors (Lipinski definition) is 4. The van der Waals surface area contributed by atoms with Crippen LogP contribution in [-0.2, 0) is 0 Å². The summed E-state index contributed by atoms with van der Waals surface area (Å²) in [7, 11) is 1.56. The molecule has 0 aliphatic heterocycles. The van der Waals surface area contributed by atoms with Gasteiger partial charge in [0.25, 0.3) is 0 Å². The summed E-state index contributed by atoms with van der Waals surface area (Å²) in [5, 5.41) is 4.86. The molecule has 0 unspecified atom stereocenters. The van der Waals surface area contributed by atoms with Gasteiger partial charge < -0.3 is 10.6 Å². The molecule has 0 bridgehead atoms. The number of anilines is 3. The maximum atomic E-state index is 13.5. The zero-order chi connectivity index (χ0) is 14.9. The Morgan fingerprint density at radius 2 is 1.55 bits per heavy atom. The van der Waals surface area contributed by atoms with Crippen molar-refractivity contribution < 1.29 is 17.6 Å². The number of hydrogen-bond donors (Lipinski definition) is 2. The van der Waals surface area contributed by atoms with Crippen LogP contribution in [0.3, 0.4) is 0 Å². The number of aryl methyl sites for hydroxylation is 1. The van der Waals surface area contributed by atoms with Crippen LogP contribution in [0.15, 0.2) is 12.1 Å². The molecule has 20 heavy (non-hydrogen) atoms. The number of benzene rings is 1. The highest BCUT2D eigenvalue weighted by molar-refractivity contribution is 5.59. The van der Waals surface area contributed by atoms with Crippen LogP contribution in [0.1, 0.15) is 5.69 Å². The first-order chi connectivity index (χ1) is 9.42. The summed E-state index contributed by atoms with van der Waals surface area (Å²) in [5.41, 5.74) is -0.438. The smallest absolute Gasteiger partial charge is 0.224 e. The van der Waals surface area contributed by atoms with Gasteiger partial charge in [-0.05, 0) is 6.92 Å². The second kappa shape index (κ2) is 5.32. The third-order valence-corrected chi connectivity index (χ3v) is 2.44. The van der Waals surface area contributed by atoms with Crippen LogP contribution in [0.2, 0.25) is 0 Å². The molecule has 0 aliphatic rings. The van der Waals surface area contributed by atoms with Crippen molar-refractivity contribution in [3.63, 3.8) is 0 Å². The maximum absolute atomic E-state index is 13.5. The minimum atomic E-state index is -1.52. The van der Waals surface area contributed by atoms with Gasteiger partial charge in [0, 0.05) is 24.9 Å². The Morgan fingerprint density at radius 1 is 0.950 bits per heavy atom. The van der Waals surface area contributed by atoms with Gasteiger partial charge in [-0.1, -0.05) is 0 Å². The Labute approximate surface area is 111 Å². The third-order valence-electron chi connectivity index (χ3n) is 2.44. The van der Waals surface area contributed by atoms with Crippen LogP contribution in [0, 0.1) is 30.2 Å². The highest BCUT2D eigenvalue weighted by Crippen LogP contribution is 2.27. The molecule has 0 amide bonds. The fraction of sp³-hybridized carbons (Fsp3) is 0.167. The number of nitrogens with zero attached hydrogens (tertiary/aromatic N) is 2. The lowest BCUT2D eigenvalue weighted by molar-refractivity contribution is 0.459. The molecule has 0 fully saturated rings.